The zero-order valence-corrected chi connectivity index (χ0v) is 17.1. The lowest BCUT2D eigenvalue weighted by Crippen LogP contribution is -2.44. The van der Waals surface area contributed by atoms with Gasteiger partial charge < -0.3 is 14.5 Å². The molecule has 0 spiro atoms. The summed E-state index contributed by atoms with van der Waals surface area (Å²) < 4.78 is 6.05. The van der Waals surface area contributed by atoms with Gasteiger partial charge in [0.25, 0.3) is 0 Å². The van der Waals surface area contributed by atoms with Crippen molar-refractivity contribution in [1.29, 1.82) is 0 Å². The van der Waals surface area contributed by atoms with Gasteiger partial charge in [-0.05, 0) is 49.7 Å². The Morgan fingerprint density at radius 3 is 2.36 bits per heavy atom. The quantitative estimate of drug-likeness (QED) is 0.783. The highest BCUT2D eigenvalue weighted by Gasteiger charge is 2.48. The molecule has 1 aromatic carbocycles. The SMILES string of the molecule is CC(=O)N1C[C@@H](COc2ccccc2)[C@H](C2CCN(C(=O)C3(C)CC3)CC2)C1. The van der Waals surface area contributed by atoms with Crippen molar-refractivity contribution in [1.82, 2.24) is 9.80 Å². The zero-order chi connectivity index (χ0) is 19.7. The largest absolute Gasteiger partial charge is 0.493 e. The van der Waals surface area contributed by atoms with Gasteiger partial charge in [0.15, 0.2) is 0 Å². The summed E-state index contributed by atoms with van der Waals surface area (Å²) in [7, 11) is 0. The van der Waals surface area contributed by atoms with Gasteiger partial charge >= 0.3 is 0 Å². The lowest BCUT2D eigenvalue weighted by Gasteiger charge is -2.37. The van der Waals surface area contributed by atoms with E-state index in [1.165, 1.54) is 0 Å². The number of carbonyl (C=O) groups is 2. The summed E-state index contributed by atoms with van der Waals surface area (Å²) in [4.78, 5) is 28.7. The Bertz CT molecular complexity index is 708. The second-order valence-corrected chi connectivity index (χ2v) is 9.16. The van der Waals surface area contributed by atoms with E-state index in [9.17, 15) is 9.59 Å². The molecule has 2 heterocycles. The number of likely N-dealkylation sites (tertiary alicyclic amines) is 2. The van der Waals surface area contributed by atoms with E-state index in [4.69, 9.17) is 4.74 Å². The molecular weight excluding hydrogens is 352 g/mol. The highest BCUT2D eigenvalue weighted by atomic mass is 16.5. The number of piperidine rings is 1. The molecule has 0 aromatic heterocycles. The summed E-state index contributed by atoms with van der Waals surface area (Å²) in [6, 6.07) is 9.91. The van der Waals surface area contributed by atoms with E-state index in [0.717, 1.165) is 57.6 Å². The van der Waals surface area contributed by atoms with Gasteiger partial charge in [-0.2, -0.15) is 0 Å². The fourth-order valence-electron chi connectivity index (χ4n) is 4.90. The van der Waals surface area contributed by atoms with Crippen LogP contribution in [0.5, 0.6) is 5.75 Å². The van der Waals surface area contributed by atoms with Gasteiger partial charge in [0.05, 0.1) is 6.61 Å². The minimum atomic E-state index is -0.0717. The number of carbonyl (C=O) groups excluding carboxylic acids is 2. The van der Waals surface area contributed by atoms with Crippen LogP contribution in [-0.4, -0.2) is 54.4 Å². The minimum absolute atomic E-state index is 0.0717. The third-order valence-corrected chi connectivity index (χ3v) is 7.09. The van der Waals surface area contributed by atoms with Crippen molar-refractivity contribution >= 4 is 11.8 Å². The van der Waals surface area contributed by atoms with E-state index >= 15 is 0 Å². The van der Waals surface area contributed by atoms with Crippen LogP contribution in [0.3, 0.4) is 0 Å². The lowest BCUT2D eigenvalue weighted by atomic mass is 9.78. The molecule has 5 nitrogen and oxygen atoms in total. The number of rotatable bonds is 5. The average Bonchev–Trinajstić information content (AvgIpc) is 3.32. The van der Waals surface area contributed by atoms with Gasteiger partial charge in [-0.1, -0.05) is 25.1 Å². The van der Waals surface area contributed by atoms with E-state index < -0.39 is 0 Å². The van der Waals surface area contributed by atoms with Crippen molar-refractivity contribution in [3.8, 4) is 5.75 Å². The van der Waals surface area contributed by atoms with Crippen molar-refractivity contribution in [3.05, 3.63) is 30.3 Å². The fraction of sp³-hybridized carbons (Fsp3) is 0.652. The van der Waals surface area contributed by atoms with E-state index in [1.54, 1.807) is 6.92 Å². The normalized spacial score (nSPS) is 26.9. The van der Waals surface area contributed by atoms with Gasteiger partial charge in [-0.25, -0.2) is 0 Å². The molecule has 0 radical (unpaired) electrons. The number of benzene rings is 1. The maximum absolute atomic E-state index is 12.6. The minimum Gasteiger partial charge on any atom is -0.493 e. The Balaban J connectivity index is 1.36. The molecule has 0 unspecified atom stereocenters. The third-order valence-electron chi connectivity index (χ3n) is 7.09. The molecule has 0 bridgehead atoms. The second-order valence-electron chi connectivity index (χ2n) is 9.16. The Labute approximate surface area is 168 Å². The monoisotopic (exact) mass is 384 g/mol. The van der Waals surface area contributed by atoms with Crippen LogP contribution in [0, 0.1) is 23.2 Å². The zero-order valence-electron chi connectivity index (χ0n) is 17.1. The first kappa shape index (κ1) is 19.3. The molecule has 5 heteroatoms. The molecule has 1 saturated carbocycles. The van der Waals surface area contributed by atoms with E-state index in [1.807, 2.05) is 35.2 Å². The Morgan fingerprint density at radius 2 is 1.75 bits per heavy atom. The smallest absolute Gasteiger partial charge is 0.228 e. The molecule has 0 N–H and O–H groups in total. The molecule has 1 aromatic rings. The van der Waals surface area contributed by atoms with Crippen molar-refractivity contribution in [2.45, 2.75) is 39.5 Å². The number of hydrogen-bond donors (Lipinski definition) is 0. The Hall–Kier alpha value is -2.04. The molecule has 4 rings (SSSR count). The van der Waals surface area contributed by atoms with Gasteiger partial charge in [-0.3, -0.25) is 9.59 Å². The molecule has 152 valence electrons. The molecule has 2 amide bonds. The predicted molar refractivity (Wildman–Crippen MR) is 108 cm³/mol. The van der Waals surface area contributed by atoms with Crippen LogP contribution in [0.1, 0.15) is 39.5 Å². The van der Waals surface area contributed by atoms with Crippen molar-refractivity contribution in [2.75, 3.05) is 32.8 Å². The van der Waals surface area contributed by atoms with Crippen molar-refractivity contribution in [3.63, 3.8) is 0 Å². The molecule has 1 aliphatic carbocycles. The van der Waals surface area contributed by atoms with E-state index in [2.05, 4.69) is 11.8 Å². The molecule has 3 fully saturated rings. The Kier molecular flexibility index (Phi) is 5.35. The van der Waals surface area contributed by atoms with Crippen LogP contribution < -0.4 is 4.74 Å². The summed E-state index contributed by atoms with van der Waals surface area (Å²) in [5, 5.41) is 0. The summed E-state index contributed by atoms with van der Waals surface area (Å²) in [5.74, 6) is 2.78. The average molecular weight is 385 g/mol. The molecular formula is C23H32N2O3. The standard InChI is InChI=1S/C23H32N2O3/c1-17(26)25-14-19(16-28-20-6-4-3-5-7-20)21(15-25)18-8-12-24(13-9-18)22(27)23(2)10-11-23/h3-7,18-19,21H,8-16H2,1-2H3/t19-,21-/m0/s1. The molecule has 28 heavy (non-hydrogen) atoms. The topological polar surface area (TPSA) is 49.9 Å². The van der Waals surface area contributed by atoms with E-state index in [0.29, 0.717) is 30.3 Å². The fourth-order valence-corrected chi connectivity index (χ4v) is 4.90. The second kappa shape index (κ2) is 7.76. The maximum Gasteiger partial charge on any atom is 0.228 e. The van der Waals surface area contributed by atoms with Crippen LogP contribution >= 0.6 is 0 Å². The highest BCUT2D eigenvalue weighted by molar-refractivity contribution is 5.85. The van der Waals surface area contributed by atoms with E-state index in [-0.39, 0.29) is 11.3 Å². The Morgan fingerprint density at radius 1 is 1.07 bits per heavy atom. The first-order chi connectivity index (χ1) is 13.5. The number of hydrogen-bond acceptors (Lipinski definition) is 3. The first-order valence-electron chi connectivity index (χ1n) is 10.7. The van der Waals surface area contributed by atoms with Crippen LogP contribution in [0.15, 0.2) is 30.3 Å². The first-order valence-corrected chi connectivity index (χ1v) is 10.7. The predicted octanol–water partition coefficient (Wildman–Crippen LogP) is 3.20. The third kappa shape index (κ3) is 4.03. The van der Waals surface area contributed by atoms with Crippen LogP contribution in [0.4, 0.5) is 0 Å². The molecule has 2 saturated heterocycles. The lowest BCUT2D eigenvalue weighted by molar-refractivity contribution is -0.138. The number of nitrogens with zero attached hydrogens (tertiary/aromatic N) is 2. The van der Waals surface area contributed by atoms with Crippen molar-refractivity contribution < 1.29 is 14.3 Å². The number of ether oxygens (including phenoxy) is 1. The summed E-state index contributed by atoms with van der Waals surface area (Å²) in [5.41, 5.74) is -0.0717. The molecule has 3 aliphatic rings. The number of para-hydroxylation sites is 1. The molecule has 2 aliphatic heterocycles. The van der Waals surface area contributed by atoms with Gasteiger partial charge in [0.2, 0.25) is 11.8 Å². The van der Waals surface area contributed by atoms with Gasteiger partial charge in [0, 0.05) is 44.4 Å². The summed E-state index contributed by atoms with van der Waals surface area (Å²) in [6.07, 6.45) is 4.17. The highest BCUT2D eigenvalue weighted by Crippen LogP contribution is 2.47. The van der Waals surface area contributed by atoms with Gasteiger partial charge in [0.1, 0.15) is 5.75 Å². The van der Waals surface area contributed by atoms with Crippen LogP contribution in [-0.2, 0) is 9.59 Å². The molecule has 2 atom stereocenters. The van der Waals surface area contributed by atoms with Crippen molar-refractivity contribution in [2.24, 2.45) is 23.2 Å². The van der Waals surface area contributed by atoms with Crippen LogP contribution in [0.2, 0.25) is 0 Å². The van der Waals surface area contributed by atoms with Gasteiger partial charge in [-0.15, -0.1) is 0 Å². The van der Waals surface area contributed by atoms with Crippen LogP contribution in [0.25, 0.3) is 0 Å². The number of amides is 2. The summed E-state index contributed by atoms with van der Waals surface area (Å²) in [6.45, 7) is 7.74. The maximum atomic E-state index is 12.6. The summed E-state index contributed by atoms with van der Waals surface area (Å²) >= 11 is 0.